The van der Waals surface area contributed by atoms with E-state index in [0.29, 0.717) is 0 Å². The zero-order chi connectivity index (χ0) is 14.9. The van der Waals surface area contributed by atoms with Crippen LogP contribution in [-0.2, 0) is 19.5 Å². The molecule has 0 saturated carbocycles. The van der Waals surface area contributed by atoms with Crippen molar-refractivity contribution in [3.63, 3.8) is 0 Å². The molecular formula is C19H17N3. The molecule has 3 aromatic rings. The van der Waals surface area contributed by atoms with E-state index in [1.165, 1.54) is 27.7 Å². The van der Waals surface area contributed by atoms with Crippen LogP contribution >= 0.6 is 0 Å². The van der Waals surface area contributed by atoms with Crippen molar-refractivity contribution in [2.24, 2.45) is 0 Å². The lowest BCUT2D eigenvalue weighted by atomic mass is 10.0. The summed E-state index contributed by atoms with van der Waals surface area (Å²) < 4.78 is 0. The third-order valence-corrected chi connectivity index (χ3v) is 4.42. The molecule has 0 bridgehead atoms. The van der Waals surface area contributed by atoms with E-state index in [1.807, 2.05) is 18.2 Å². The van der Waals surface area contributed by atoms with Crippen LogP contribution in [0.15, 0.2) is 48.5 Å². The molecule has 3 heteroatoms. The number of aromatic nitrogens is 1. The van der Waals surface area contributed by atoms with Crippen LogP contribution in [0.2, 0.25) is 0 Å². The van der Waals surface area contributed by atoms with E-state index in [-0.39, 0.29) is 0 Å². The van der Waals surface area contributed by atoms with Crippen LogP contribution in [0.5, 0.6) is 0 Å². The van der Waals surface area contributed by atoms with Crippen LogP contribution in [0.25, 0.3) is 10.9 Å². The van der Waals surface area contributed by atoms with Gasteiger partial charge in [-0.2, -0.15) is 5.26 Å². The van der Waals surface area contributed by atoms with Gasteiger partial charge in [0.25, 0.3) is 0 Å². The van der Waals surface area contributed by atoms with E-state index in [4.69, 9.17) is 5.26 Å². The lowest BCUT2D eigenvalue weighted by molar-refractivity contribution is 0.243. The summed E-state index contributed by atoms with van der Waals surface area (Å²) in [5.74, 6) is 0. The first kappa shape index (κ1) is 13.1. The maximum atomic E-state index is 9.01. The standard InChI is InChI=1S/C19H17N3/c20-11-14-4-3-5-15(10-14)12-22-9-8-17-16-6-1-2-7-18(16)21-19(17)13-22/h1-7,10,21H,8-9,12-13H2. The fraction of sp³-hybridized carbons (Fsp3) is 0.211. The van der Waals surface area contributed by atoms with Gasteiger partial charge in [-0.15, -0.1) is 0 Å². The number of H-pyrrole nitrogens is 1. The Morgan fingerprint density at radius 2 is 2.05 bits per heavy atom. The number of hydrogen-bond donors (Lipinski definition) is 1. The molecule has 22 heavy (non-hydrogen) atoms. The Bertz CT molecular complexity index is 870. The number of rotatable bonds is 2. The largest absolute Gasteiger partial charge is 0.357 e. The van der Waals surface area contributed by atoms with Crippen molar-refractivity contribution in [3.05, 3.63) is 70.9 Å². The van der Waals surface area contributed by atoms with Gasteiger partial charge < -0.3 is 4.98 Å². The summed E-state index contributed by atoms with van der Waals surface area (Å²) in [4.78, 5) is 6.00. The zero-order valence-corrected chi connectivity index (χ0v) is 12.3. The van der Waals surface area contributed by atoms with Gasteiger partial charge in [0.15, 0.2) is 0 Å². The smallest absolute Gasteiger partial charge is 0.0991 e. The zero-order valence-electron chi connectivity index (χ0n) is 12.3. The second-order valence-electron chi connectivity index (χ2n) is 5.90. The van der Waals surface area contributed by atoms with Gasteiger partial charge >= 0.3 is 0 Å². The quantitative estimate of drug-likeness (QED) is 0.782. The Hall–Kier alpha value is -2.57. The highest BCUT2D eigenvalue weighted by Gasteiger charge is 2.20. The molecule has 0 radical (unpaired) electrons. The Labute approximate surface area is 129 Å². The second kappa shape index (κ2) is 5.32. The van der Waals surface area contributed by atoms with Gasteiger partial charge in [0, 0.05) is 36.2 Å². The fourth-order valence-electron chi connectivity index (χ4n) is 3.38. The summed E-state index contributed by atoms with van der Waals surface area (Å²) in [6, 6.07) is 18.7. The van der Waals surface area contributed by atoms with Crippen molar-refractivity contribution in [2.75, 3.05) is 6.54 Å². The van der Waals surface area contributed by atoms with Crippen LogP contribution in [0.4, 0.5) is 0 Å². The summed E-state index contributed by atoms with van der Waals surface area (Å²) in [6.07, 6.45) is 1.08. The van der Waals surface area contributed by atoms with Crippen LogP contribution in [-0.4, -0.2) is 16.4 Å². The Balaban J connectivity index is 1.58. The first-order valence-corrected chi connectivity index (χ1v) is 7.63. The van der Waals surface area contributed by atoms with Gasteiger partial charge in [-0.1, -0.05) is 30.3 Å². The number of hydrogen-bond acceptors (Lipinski definition) is 2. The SMILES string of the molecule is N#Cc1cccc(CN2CCc3c([nH]c4ccccc34)C2)c1. The maximum absolute atomic E-state index is 9.01. The van der Waals surface area contributed by atoms with Crippen molar-refractivity contribution in [2.45, 2.75) is 19.5 Å². The highest BCUT2D eigenvalue weighted by molar-refractivity contribution is 5.84. The van der Waals surface area contributed by atoms with E-state index in [9.17, 15) is 0 Å². The summed E-state index contributed by atoms with van der Waals surface area (Å²) in [6.45, 7) is 2.90. The van der Waals surface area contributed by atoms with E-state index in [0.717, 1.165) is 31.6 Å². The van der Waals surface area contributed by atoms with E-state index in [2.05, 4.69) is 46.3 Å². The minimum atomic E-state index is 0.737. The van der Waals surface area contributed by atoms with Gasteiger partial charge in [0.2, 0.25) is 0 Å². The highest BCUT2D eigenvalue weighted by atomic mass is 15.1. The number of benzene rings is 2. The molecule has 4 rings (SSSR count). The van der Waals surface area contributed by atoms with Crippen LogP contribution in [0.3, 0.4) is 0 Å². The average Bonchev–Trinajstić information content (AvgIpc) is 2.92. The normalized spacial score (nSPS) is 14.7. The monoisotopic (exact) mass is 287 g/mol. The highest BCUT2D eigenvalue weighted by Crippen LogP contribution is 2.28. The topological polar surface area (TPSA) is 42.8 Å². The molecular weight excluding hydrogens is 270 g/mol. The predicted octanol–water partition coefficient (Wildman–Crippen LogP) is 3.60. The van der Waals surface area contributed by atoms with Crippen molar-refractivity contribution < 1.29 is 0 Å². The summed E-state index contributed by atoms with van der Waals surface area (Å²) in [5, 5.41) is 10.4. The molecule has 0 saturated heterocycles. The molecule has 1 aromatic heterocycles. The van der Waals surface area contributed by atoms with E-state index < -0.39 is 0 Å². The molecule has 0 unspecified atom stereocenters. The number of fused-ring (bicyclic) bond motifs is 3. The third-order valence-electron chi connectivity index (χ3n) is 4.42. The number of nitriles is 1. The lowest BCUT2D eigenvalue weighted by Crippen LogP contribution is -2.29. The molecule has 3 nitrogen and oxygen atoms in total. The van der Waals surface area contributed by atoms with E-state index >= 15 is 0 Å². The van der Waals surface area contributed by atoms with Gasteiger partial charge in [-0.3, -0.25) is 4.90 Å². The first-order valence-electron chi connectivity index (χ1n) is 7.63. The lowest BCUT2D eigenvalue weighted by Gasteiger charge is -2.27. The first-order chi connectivity index (χ1) is 10.8. The van der Waals surface area contributed by atoms with Crippen LogP contribution in [0.1, 0.15) is 22.4 Å². The molecule has 2 aromatic carbocycles. The Kier molecular flexibility index (Phi) is 3.17. The molecule has 1 aliphatic rings. The third kappa shape index (κ3) is 2.28. The summed E-state index contributed by atoms with van der Waals surface area (Å²) in [7, 11) is 0. The predicted molar refractivity (Wildman–Crippen MR) is 87.3 cm³/mol. The van der Waals surface area contributed by atoms with E-state index in [1.54, 1.807) is 0 Å². The molecule has 0 aliphatic carbocycles. The fourth-order valence-corrected chi connectivity index (χ4v) is 3.38. The number of para-hydroxylation sites is 1. The number of nitrogens with zero attached hydrogens (tertiary/aromatic N) is 2. The minimum Gasteiger partial charge on any atom is -0.357 e. The van der Waals surface area contributed by atoms with Gasteiger partial charge in [-0.25, -0.2) is 0 Å². The minimum absolute atomic E-state index is 0.737. The second-order valence-corrected chi connectivity index (χ2v) is 5.90. The summed E-state index contributed by atoms with van der Waals surface area (Å²) in [5.41, 5.74) is 5.99. The molecule has 1 aliphatic heterocycles. The van der Waals surface area contributed by atoms with Crippen molar-refractivity contribution in [1.29, 1.82) is 5.26 Å². The van der Waals surface area contributed by atoms with Crippen molar-refractivity contribution in [1.82, 2.24) is 9.88 Å². The Morgan fingerprint density at radius 1 is 1.14 bits per heavy atom. The summed E-state index contributed by atoms with van der Waals surface area (Å²) >= 11 is 0. The number of aromatic amines is 1. The van der Waals surface area contributed by atoms with Gasteiger partial charge in [0.1, 0.15) is 0 Å². The molecule has 2 heterocycles. The van der Waals surface area contributed by atoms with Crippen LogP contribution < -0.4 is 0 Å². The molecule has 108 valence electrons. The van der Waals surface area contributed by atoms with Crippen molar-refractivity contribution in [3.8, 4) is 6.07 Å². The van der Waals surface area contributed by atoms with Gasteiger partial charge in [-0.05, 0) is 35.7 Å². The average molecular weight is 287 g/mol. The molecule has 1 N–H and O–H groups in total. The molecule has 0 atom stereocenters. The maximum Gasteiger partial charge on any atom is 0.0991 e. The molecule has 0 amide bonds. The van der Waals surface area contributed by atoms with Crippen molar-refractivity contribution >= 4 is 10.9 Å². The number of nitrogens with one attached hydrogen (secondary N) is 1. The van der Waals surface area contributed by atoms with Crippen LogP contribution in [0, 0.1) is 11.3 Å². The van der Waals surface area contributed by atoms with Gasteiger partial charge in [0.05, 0.1) is 11.6 Å². The Morgan fingerprint density at radius 3 is 2.95 bits per heavy atom. The molecule has 0 spiro atoms. The molecule has 0 fully saturated rings.